The number of carbonyl (C=O) groups excluding carboxylic acids is 1. The van der Waals surface area contributed by atoms with E-state index in [4.69, 9.17) is 4.74 Å². The lowest BCUT2D eigenvalue weighted by Crippen LogP contribution is -2.44. The maximum Gasteiger partial charge on any atom is 0.322 e. The zero-order valence-electron chi connectivity index (χ0n) is 13.8. The van der Waals surface area contributed by atoms with Gasteiger partial charge in [-0.25, -0.2) is 0 Å². The highest BCUT2D eigenvalue weighted by atomic mass is 16.5. The Kier molecular flexibility index (Phi) is 6.45. The van der Waals surface area contributed by atoms with Crippen LogP contribution >= 0.6 is 0 Å². The summed E-state index contributed by atoms with van der Waals surface area (Å²) in [6, 6.07) is 0.851. The molecule has 1 N–H and O–H groups in total. The van der Waals surface area contributed by atoms with Gasteiger partial charge < -0.3 is 15.0 Å². The van der Waals surface area contributed by atoms with Gasteiger partial charge in [-0.2, -0.15) is 0 Å². The predicted octanol–water partition coefficient (Wildman–Crippen LogP) is 1.09. The molecule has 21 heavy (non-hydrogen) atoms. The molecule has 5 heteroatoms. The van der Waals surface area contributed by atoms with Crippen LogP contribution in [0.15, 0.2) is 0 Å². The van der Waals surface area contributed by atoms with Crippen molar-refractivity contribution in [1.29, 1.82) is 0 Å². The first kappa shape index (κ1) is 16.7. The fourth-order valence-corrected chi connectivity index (χ4v) is 3.61. The van der Waals surface area contributed by atoms with Gasteiger partial charge in [0.2, 0.25) is 0 Å². The zero-order valence-corrected chi connectivity index (χ0v) is 13.8. The van der Waals surface area contributed by atoms with E-state index in [1.807, 2.05) is 0 Å². The quantitative estimate of drug-likeness (QED) is 0.744. The van der Waals surface area contributed by atoms with Crippen molar-refractivity contribution in [2.45, 2.75) is 57.7 Å². The van der Waals surface area contributed by atoms with Crippen molar-refractivity contribution in [1.82, 2.24) is 15.1 Å². The van der Waals surface area contributed by atoms with Crippen LogP contribution in [0.25, 0.3) is 0 Å². The van der Waals surface area contributed by atoms with Gasteiger partial charge in [-0.1, -0.05) is 13.8 Å². The minimum absolute atomic E-state index is 0.138. The largest absolute Gasteiger partial charge is 0.468 e. The number of nitrogens with zero attached hydrogens (tertiary/aromatic N) is 2. The lowest BCUT2D eigenvalue weighted by Gasteiger charge is -2.27. The Morgan fingerprint density at radius 1 is 1.29 bits per heavy atom. The monoisotopic (exact) mass is 297 g/mol. The van der Waals surface area contributed by atoms with E-state index in [2.05, 4.69) is 29.0 Å². The second-order valence-electron chi connectivity index (χ2n) is 6.67. The molecule has 0 aliphatic carbocycles. The van der Waals surface area contributed by atoms with E-state index in [0.29, 0.717) is 6.04 Å². The van der Waals surface area contributed by atoms with Crippen molar-refractivity contribution >= 4 is 5.97 Å². The molecule has 2 saturated heterocycles. The van der Waals surface area contributed by atoms with E-state index in [1.54, 1.807) is 0 Å². The zero-order chi connectivity index (χ0) is 15.2. The summed E-state index contributed by atoms with van der Waals surface area (Å²) < 4.78 is 4.92. The average Bonchev–Trinajstić information content (AvgIpc) is 2.80. The summed E-state index contributed by atoms with van der Waals surface area (Å²) in [6.45, 7) is 9.95. The van der Waals surface area contributed by atoms with Crippen LogP contribution in [0.1, 0.15) is 39.5 Å². The molecule has 2 unspecified atom stereocenters. The summed E-state index contributed by atoms with van der Waals surface area (Å²) >= 11 is 0. The highest BCUT2D eigenvalue weighted by molar-refractivity contribution is 5.75. The molecule has 0 aromatic heterocycles. The minimum Gasteiger partial charge on any atom is -0.468 e. The molecule has 122 valence electrons. The Morgan fingerprint density at radius 2 is 2.05 bits per heavy atom. The van der Waals surface area contributed by atoms with Crippen LogP contribution in [0.3, 0.4) is 0 Å². The van der Waals surface area contributed by atoms with E-state index in [-0.39, 0.29) is 12.0 Å². The Balaban J connectivity index is 1.83. The SMILES string of the molecule is COC(=O)C(CCN1CCCN2CCCC2C1)NC(C)C. The number of hydrogen-bond donors (Lipinski definition) is 1. The van der Waals surface area contributed by atoms with Crippen molar-refractivity contribution in [3.63, 3.8) is 0 Å². The number of rotatable bonds is 6. The van der Waals surface area contributed by atoms with Crippen molar-refractivity contribution in [3.8, 4) is 0 Å². The first-order chi connectivity index (χ1) is 10.1. The number of ether oxygens (including phenoxy) is 1. The van der Waals surface area contributed by atoms with Crippen LogP contribution < -0.4 is 5.32 Å². The van der Waals surface area contributed by atoms with Crippen molar-refractivity contribution in [3.05, 3.63) is 0 Å². The Bertz CT molecular complexity index is 335. The van der Waals surface area contributed by atoms with E-state index in [9.17, 15) is 4.79 Å². The van der Waals surface area contributed by atoms with Gasteiger partial charge in [0, 0.05) is 25.2 Å². The lowest BCUT2D eigenvalue weighted by atomic mass is 10.1. The van der Waals surface area contributed by atoms with Gasteiger partial charge in [-0.05, 0) is 45.3 Å². The number of carbonyl (C=O) groups is 1. The summed E-state index contributed by atoms with van der Waals surface area (Å²) in [5.74, 6) is -0.138. The van der Waals surface area contributed by atoms with Crippen LogP contribution in [0, 0.1) is 0 Å². The third-order valence-corrected chi connectivity index (χ3v) is 4.64. The van der Waals surface area contributed by atoms with E-state index >= 15 is 0 Å². The van der Waals surface area contributed by atoms with Crippen LogP contribution in [-0.4, -0.2) is 73.7 Å². The van der Waals surface area contributed by atoms with E-state index in [1.165, 1.54) is 39.5 Å². The summed E-state index contributed by atoms with van der Waals surface area (Å²) in [5, 5.41) is 3.32. The molecule has 0 aromatic rings. The molecule has 2 aliphatic heterocycles. The predicted molar refractivity (Wildman–Crippen MR) is 84.3 cm³/mol. The summed E-state index contributed by atoms with van der Waals surface area (Å²) in [7, 11) is 1.47. The van der Waals surface area contributed by atoms with Crippen molar-refractivity contribution in [2.24, 2.45) is 0 Å². The molecule has 0 radical (unpaired) electrons. The Morgan fingerprint density at radius 3 is 2.76 bits per heavy atom. The molecular weight excluding hydrogens is 266 g/mol. The highest BCUT2D eigenvalue weighted by Gasteiger charge is 2.29. The normalized spacial score (nSPS) is 25.6. The molecule has 0 amide bonds. The topological polar surface area (TPSA) is 44.8 Å². The molecular formula is C16H31N3O2. The Labute approximate surface area is 129 Å². The molecule has 0 aromatic carbocycles. The minimum atomic E-state index is -0.182. The molecule has 2 aliphatic rings. The van der Waals surface area contributed by atoms with Gasteiger partial charge in [0.05, 0.1) is 7.11 Å². The molecule has 2 rings (SSSR count). The highest BCUT2D eigenvalue weighted by Crippen LogP contribution is 2.21. The molecule has 5 nitrogen and oxygen atoms in total. The third-order valence-electron chi connectivity index (χ3n) is 4.64. The first-order valence-corrected chi connectivity index (χ1v) is 8.40. The van der Waals surface area contributed by atoms with Crippen LogP contribution in [0.4, 0.5) is 0 Å². The van der Waals surface area contributed by atoms with Crippen LogP contribution in [0.2, 0.25) is 0 Å². The standard InChI is InChI=1S/C16H31N3O2/c1-13(2)17-15(16(20)21-3)7-11-18-8-5-10-19-9-4-6-14(19)12-18/h13-15,17H,4-12H2,1-3H3. The number of hydrogen-bond acceptors (Lipinski definition) is 5. The molecule has 0 spiro atoms. The van der Waals surface area contributed by atoms with Gasteiger partial charge in [-0.3, -0.25) is 9.69 Å². The second kappa shape index (κ2) is 8.11. The van der Waals surface area contributed by atoms with E-state index in [0.717, 1.165) is 32.1 Å². The van der Waals surface area contributed by atoms with E-state index < -0.39 is 0 Å². The van der Waals surface area contributed by atoms with Crippen molar-refractivity contribution in [2.75, 3.05) is 39.8 Å². The second-order valence-corrected chi connectivity index (χ2v) is 6.67. The number of esters is 1. The average molecular weight is 297 g/mol. The van der Waals surface area contributed by atoms with Gasteiger partial charge in [0.1, 0.15) is 6.04 Å². The number of fused-ring (bicyclic) bond motifs is 1. The molecule has 2 heterocycles. The van der Waals surface area contributed by atoms with Crippen LogP contribution in [-0.2, 0) is 9.53 Å². The summed E-state index contributed by atoms with van der Waals surface area (Å²) in [5.41, 5.74) is 0. The number of nitrogens with one attached hydrogen (secondary N) is 1. The smallest absolute Gasteiger partial charge is 0.322 e. The van der Waals surface area contributed by atoms with Gasteiger partial charge in [0.15, 0.2) is 0 Å². The number of methoxy groups -OCH3 is 1. The van der Waals surface area contributed by atoms with Gasteiger partial charge >= 0.3 is 5.97 Å². The molecule has 2 fully saturated rings. The first-order valence-electron chi connectivity index (χ1n) is 8.40. The third kappa shape index (κ3) is 4.94. The van der Waals surface area contributed by atoms with Crippen molar-refractivity contribution < 1.29 is 9.53 Å². The molecule has 0 saturated carbocycles. The fraction of sp³-hybridized carbons (Fsp3) is 0.938. The fourth-order valence-electron chi connectivity index (χ4n) is 3.61. The summed E-state index contributed by atoms with van der Waals surface area (Å²) in [6.07, 6.45) is 4.76. The maximum absolute atomic E-state index is 11.9. The van der Waals surface area contributed by atoms with Crippen LogP contribution in [0.5, 0.6) is 0 Å². The molecule has 2 atom stereocenters. The maximum atomic E-state index is 11.9. The molecule has 0 bridgehead atoms. The Hall–Kier alpha value is -0.650. The van der Waals surface area contributed by atoms with Gasteiger partial charge in [0.25, 0.3) is 0 Å². The summed E-state index contributed by atoms with van der Waals surface area (Å²) in [4.78, 5) is 17.0. The van der Waals surface area contributed by atoms with Gasteiger partial charge in [-0.15, -0.1) is 0 Å². The lowest BCUT2D eigenvalue weighted by molar-refractivity contribution is -0.143.